The Hall–Kier alpha value is -3.39. The molecule has 1 aliphatic rings. The first-order valence-corrected chi connectivity index (χ1v) is 11.1. The molecule has 0 aliphatic carbocycles. The van der Waals surface area contributed by atoms with Gasteiger partial charge in [0, 0.05) is 17.8 Å². The molecule has 3 aromatic rings. The molecule has 1 aromatic heterocycles. The van der Waals surface area contributed by atoms with Crippen molar-refractivity contribution in [2.75, 3.05) is 32.6 Å². The maximum atomic E-state index is 12.9. The number of nitrogens with one attached hydrogen (secondary N) is 1. The lowest BCUT2D eigenvalue weighted by Gasteiger charge is -2.30. The van der Waals surface area contributed by atoms with Crippen molar-refractivity contribution in [3.05, 3.63) is 53.4 Å². The van der Waals surface area contributed by atoms with Gasteiger partial charge in [0.25, 0.3) is 0 Å². The van der Waals surface area contributed by atoms with Crippen molar-refractivity contribution in [2.24, 2.45) is 5.92 Å². The third-order valence-corrected chi connectivity index (χ3v) is 6.12. The Morgan fingerprint density at radius 1 is 1.12 bits per heavy atom. The van der Waals surface area contributed by atoms with Gasteiger partial charge < -0.3 is 19.3 Å². The predicted molar refractivity (Wildman–Crippen MR) is 125 cm³/mol. The minimum atomic E-state index is -0.0754. The summed E-state index contributed by atoms with van der Waals surface area (Å²) in [5.41, 5.74) is 4.01. The third kappa shape index (κ3) is 5.34. The van der Waals surface area contributed by atoms with Gasteiger partial charge in [0.2, 0.25) is 17.6 Å². The molecule has 0 bridgehead atoms. The highest BCUT2D eigenvalue weighted by molar-refractivity contribution is 5.92. The summed E-state index contributed by atoms with van der Waals surface area (Å²) in [7, 11) is 3.18. The number of aryl methyl sites for hydroxylation is 2. The number of likely N-dealkylation sites (tertiary alicyclic amines) is 1. The molecule has 2 aromatic carbocycles. The van der Waals surface area contributed by atoms with Crippen LogP contribution in [0.2, 0.25) is 0 Å². The number of hydrogen-bond donors (Lipinski definition) is 1. The lowest BCUT2D eigenvalue weighted by atomic mass is 9.97. The van der Waals surface area contributed by atoms with E-state index in [4.69, 9.17) is 14.0 Å². The van der Waals surface area contributed by atoms with Crippen LogP contribution in [0.1, 0.15) is 29.9 Å². The minimum absolute atomic E-state index is 0.0551. The number of ether oxygens (including phenoxy) is 2. The van der Waals surface area contributed by atoms with Crippen molar-refractivity contribution in [3.8, 4) is 22.9 Å². The number of hydrogen-bond acceptors (Lipinski definition) is 7. The smallest absolute Gasteiger partial charge is 0.241 e. The van der Waals surface area contributed by atoms with Crippen LogP contribution >= 0.6 is 0 Å². The number of aromatic nitrogens is 2. The fraction of sp³-hybridized carbons (Fsp3) is 0.400. The zero-order chi connectivity index (χ0) is 23.4. The SMILES string of the molecule is COc1ccc(-c2noc(CN3CCC[C@@H](C(=O)Nc4ccc(C)c(C)c4)C3)n2)cc1OC. The number of amides is 1. The summed E-state index contributed by atoms with van der Waals surface area (Å²) < 4.78 is 16.1. The minimum Gasteiger partial charge on any atom is -0.493 e. The van der Waals surface area contributed by atoms with E-state index in [1.54, 1.807) is 14.2 Å². The van der Waals surface area contributed by atoms with Gasteiger partial charge in [0.15, 0.2) is 11.5 Å². The molecular weight excluding hydrogens is 420 g/mol. The summed E-state index contributed by atoms with van der Waals surface area (Å²) in [5, 5.41) is 7.19. The largest absolute Gasteiger partial charge is 0.493 e. The lowest BCUT2D eigenvalue weighted by Crippen LogP contribution is -2.40. The maximum Gasteiger partial charge on any atom is 0.241 e. The Morgan fingerprint density at radius 3 is 2.70 bits per heavy atom. The van der Waals surface area contributed by atoms with Crippen LogP contribution in [-0.2, 0) is 11.3 Å². The average molecular weight is 451 g/mol. The first-order valence-electron chi connectivity index (χ1n) is 11.1. The highest BCUT2D eigenvalue weighted by atomic mass is 16.5. The number of piperidine rings is 1. The zero-order valence-electron chi connectivity index (χ0n) is 19.6. The second-order valence-corrected chi connectivity index (χ2v) is 8.44. The third-order valence-electron chi connectivity index (χ3n) is 6.12. The van der Waals surface area contributed by atoms with E-state index < -0.39 is 0 Å². The molecule has 4 rings (SSSR count). The molecule has 8 nitrogen and oxygen atoms in total. The highest BCUT2D eigenvalue weighted by Gasteiger charge is 2.27. The summed E-state index contributed by atoms with van der Waals surface area (Å²) in [6.07, 6.45) is 1.82. The van der Waals surface area contributed by atoms with Crippen molar-refractivity contribution < 1.29 is 18.8 Å². The van der Waals surface area contributed by atoms with Crippen LogP contribution in [0.3, 0.4) is 0 Å². The zero-order valence-corrected chi connectivity index (χ0v) is 19.6. The Balaban J connectivity index is 1.38. The van der Waals surface area contributed by atoms with E-state index in [9.17, 15) is 4.79 Å². The van der Waals surface area contributed by atoms with Gasteiger partial charge in [-0.2, -0.15) is 4.98 Å². The second kappa shape index (κ2) is 10.0. The van der Waals surface area contributed by atoms with Gasteiger partial charge in [0.1, 0.15) is 0 Å². The fourth-order valence-corrected chi connectivity index (χ4v) is 4.08. The molecule has 1 N–H and O–H groups in total. The van der Waals surface area contributed by atoms with Crippen LogP contribution < -0.4 is 14.8 Å². The van der Waals surface area contributed by atoms with E-state index in [1.165, 1.54) is 11.1 Å². The summed E-state index contributed by atoms with van der Waals surface area (Å²) in [4.78, 5) is 19.6. The van der Waals surface area contributed by atoms with E-state index in [0.717, 1.165) is 30.6 Å². The molecule has 0 saturated carbocycles. The Labute approximate surface area is 193 Å². The molecule has 0 spiro atoms. The van der Waals surface area contributed by atoms with Crippen molar-refractivity contribution in [1.82, 2.24) is 15.0 Å². The lowest BCUT2D eigenvalue weighted by molar-refractivity contribution is -0.121. The van der Waals surface area contributed by atoms with Gasteiger partial charge in [-0.1, -0.05) is 11.2 Å². The maximum absolute atomic E-state index is 12.9. The Kier molecular flexibility index (Phi) is 6.93. The monoisotopic (exact) mass is 450 g/mol. The van der Waals surface area contributed by atoms with Crippen molar-refractivity contribution in [2.45, 2.75) is 33.2 Å². The molecule has 1 aliphatic heterocycles. The van der Waals surface area contributed by atoms with Gasteiger partial charge in [-0.15, -0.1) is 0 Å². The van der Waals surface area contributed by atoms with Crippen molar-refractivity contribution >= 4 is 11.6 Å². The van der Waals surface area contributed by atoms with E-state index in [0.29, 0.717) is 36.3 Å². The molecular formula is C25H30N4O4. The van der Waals surface area contributed by atoms with Crippen molar-refractivity contribution in [1.29, 1.82) is 0 Å². The highest BCUT2D eigenvalue weighted by Crippen LogP contribution is 2.31. The molecule has 2 heterocycles. The van der Waals surface area contributed by atoms with Gasteiger partial charge in [-0.05, 0) is 74.7 Å². The first-order chi connectivity index (χ1) is 16.0. The molecule has 1 atom stereocenters. The molecule has 33 heavy (non-hydrogen) atoms. The van der Waals surface area contributed by atoms with Gasteiger partial charge in [0.05, 0.1) is 26.7 Å². The molecule has 8 heteroatoms. The van der Waals surface area contributed by atoms with E-state index in [2.05, 4.69) is 27.3 Å². The first kappa shape index (κ1) is 22.8. The number of anilines is 1. The quantitative estimate of drug-likeness (QED) is 0.576. The van der Waals surface area contributed by atoms with E-state index in [1.807, 2.05) is 43.3 Å². The van der Waals surface area contributed by atoms with Crippen molar-refractivity contribution in [3.63, 3.8) is 0 Å². The van der Waals surface area contributed by atoms with Crippen LogP contribution in [0.25, 0.3) is 11.4 Å². The van der Waals surface area contributed by atoms with Crippen LogP contribution in [-0.4, -0.2) is 48.3 Å². The number of benzene rings is 2. The summed E-state index contributed by atoms with van der Waals surface area (Å²) in [6.45, 7) is 6.17. The van der Waals surface area contributed by atoms with Gasteiger partial charge >= 0.3 is 0 Å². The van der Waals surface area contributed by atoms with E-state index in [-0.39, 0.29) is 11.8 Å². The molecule has 1 fully saturated rings. The number of carbonyl (C=O) groups is 1. The summed E-state index contributed by atoms with van der Waals surface area (Å²) in [6, 6.07) is 11.5. The van der Waals surface area contributed by atoms with Gasteiger partial charge in [-0.25, -0.2) is 0 Å². The van der Waals surface area contributed by atoms with Crippen LogP contribution in [0, 0.1) is 19.8 Å². The molecule has 1 saturated heterocycles. The molecule has 0 radical (unpaired) electrons. The average Bonchev–Trinajstić information content (AvgIpc) is 3.29. The second-order valence-electron chi connectivity index (χ2n) is 8.44. The molecule has 174 valence electrons. The van der Waals surface area contributed by atoms with Crippen LogP contribution in [0.15, 0.2) is 40.9 Å². The molecule has 1 amide bonds. The number of nitrogens with zero attached hydrogens (tertiary/aromatic N) is 3. The standard InChI is InChI=1S/C25H30N4O4/c1-16-7-9-20(12-17(16)2)26-25(30)19-6-5-11-29(14-19)15-23-27-24(28-33-23)18-8-10-21(31-3)22(13-18)32-4/h7-10,12-13,19H,5-6,11,14-15H2,1-4H3,(H,26,30)/t19-/m1/s1. The number of carbonyl (C=O) groups excluding carboxylic acids is 1. The van der Waals surface area contributed by atoms with Crippen LogP contribution in [0.4, 0.5) is 5.69 Å². The topological polar surface area (TPSA) is 89.7 Å². The predicted octanol–water partition coefficient (Wildman–Crippen LogP) is 4.22. The summed E-state index contributed by atoms with van der Waals surface area (Å²) in [5.74, 6) is 2.24. The van der Waals surface area contributed by atoms with Gasteiger partial charge in [-0.3, -0.25) is 9.69 Å². The Bertz CT molecular complexity index is 1130. The van der Waals surface area contributed by atoms with Crippen LogP contribution in [0.5, 0.6) is 11.5 Å². The normalized spacial score (nSPS) is 16.4. The number of methoxy groups -OCH3 is 2. The van der Waals surface area contributed by atoms with E-state index >= 15 is 0 Å². The molecule has 0 unspecified atom stereocenters. The number of rotatable bonds is 7. The Morgan fingerprint density at radius 2 is 1.94 bits per heavy atom. The fourth-order valence-electron chi connectivity index (χ4n) is 4.08. The summed E-state index contributed by atoms with van der Waals surface area (Å²) >= 11 is 0.